The highest BCUT2D eigenvalue weighted by Gasteiger charge is 2.39. The summed E-state index contributed by atoms with van der Waals surface area (Å²) in [5, 5.41) is 12.1. The molecule has 0 bridgehead atoms. The lowest BCUT2D eigenvalue weighted by Gasteiger charge is -2.32. The Bertz CT molecular complexity index is 1290. The number of fused-ring (bicyclic) bond motifs is 1. The number of amidine groups is 1. The van der Waals surface area contributed by atoms with Crippen LogP contribution in [0.15, 0.2) is 59.1 Å². The number of nitriles is 1. The Morgan fingerprint density at radius 3 is 2.60 bits per heavy atom. The molecule has 0 spiro atoms. The number of aromatic nitrogens is 4. The summed E-state index contributed by atoms with van der Waals surface area (Å²) >= 11 is 0. The maximum absolute atomic E-state index is 13.4. The first-order valence-electron chi connectivity index (χ1n) is 8.70. The molecule has 11 nitrogen and oxygen atoms in total. The molecule has 1 unspecified atom stereocenters. The van der Waals surface area contributed by atoms with Crippen molar-refractivity contribution in [3.8, 4) is 6.07 Å². The highest BCUT2D eigenvalue weighted by atomic mass is 32.2. The van der Waals surface area contributed by atoms with Crippen molar-refractivity contribution in [1.82, 2.24) is 19.9 Å². The number of hydrogen-bond acceptors (Lipinski definition) is 10. The van der Waals surface area contributed by atoms with Gasteiger partial charge in [0.2, 0.25) is 5.03 Å². The average Bonchev–Trinajstić information content (AvgIpc) is 2.74. The van der Waals surface area contributed by atoms with E-state index in [0.29, 0.717) is 5.69 Å². The number of nitrogens with zero attached hydrogens (tertiary/aromatic N) is 7. The van der Waals surface area contributed by atoms with Gasteiger partial charge in [-0.05, 0) is 19.1 Å². The van der Waals surface area contributed by atoms with Crippen molar-refractivity contribution in [2.75, 3.05) is 15.4 Å². The molecule has 3 heterocycles. The van der Waals surface area contributed by atoms with Gasteiger partial charge < -0.3 is 11.1 Å². The lowest BCUT2D eigenvalue weighted by atomic mass is 10.2. The molecule has 1 aliphatic heterocycles. The van der Waals surface area contributed by atoms with E-state index in [1.54, 1.807) is 37.3 Å². The standard InChI is InChI=1S/C18H15N9O2S/c1-11(25-15-13(9-19)14(20)23-10-24-15)17-26-16-18(22-8-7-21-16)30(28,29)27(17)12-5-3-2-4-6-12/h2-8,10-11H,1H3,(H3,20,23,24,25). The predicted molar refractivity (Wildman–Crippen MR) is 109 cm³/mol. The molecule has 2 aromatic heterocycles. The van der Waals surface area contributed by atoms with E-state index in [0.717, 1.165) is 4.31 Å². The van der Waals surface area contributed by atoms with E-state index in [9.17, 15) is 13.7 Å². The maximum atomic E-state index is 13.4. The fraction of sp³-hybridized carbons (Fsp3) is 0.111. The van der Waals surface area contributed by atoms with Crippen molar-refractivity contribution in [3.63, 3.8) is 0 Å². The molecule has 1 atom stereocenters. The van der Waals surface area contributed by atoms with Gasteiger partial charge in [-0.25, -0.2) is 29.2 Å². The molecule has 150 valence electrons. The normalized spacial score (nSPS) is 15.5. The third-order valence-electron chi connectivity index (χ3n) is 4.28. The van der Waals surface area contributed by atoms with Crippen LogP contribution in [0.25, 0.3) is 0 Å². The van der Waals surface area contributed by atoms with E-state index in [1.807, 2.05) is 6.07 Å². The minimum Gasteiger partial charge on any atom is -0.382 e. The van der Waals surface area contributed by atoms with Crippen molar-refractivity contribution in [2.45, 2.75) is 18.0 Å². The average molecular weight is 421 g/mol. The Morgan fingerprint density at radius 1 is 1.13 bits per heavy atom. The van der Waals surface area contributed by atoms with Crippen LogP contribution in [-0.4, -0.2) is 40.2 Å². The molecule has 0 fully saturated rings. The molecule has 0 radical (unpaired) electrons. The van der Waals surface area contributed by atoms with E-state index in [2.05, 4.69) is 30.2 Å². The molecule has 4 rings (SSSR count). The van der Waals surface area contributed by atoms with Crippen molar-refractivity contribution in [3.05, 3.63) is 54.6 Å². The summed E-state index contributed by atoms with van der Waals surface area (Å²) < 4.78 is 27.8. The van der Waals surface area contributed by atoms with E-state index < -0.39 is 16.1 Å². The molecule has 0 amide bonds. The van der Waals surface area contributed by atoms with Crippen LogP contribution in [0.4, 0.5) is 23.1 Å². The Hall–Kier alpha value is -4.11. The summed E-state index contributed by atoms with van der Waals surface area (Å²) in [6.07, 6.45) is 3.87. The van der Waals surface area contributed by atoms with Gasteiger partial charge in [-0.15, -0.1) is 0 Å². The van der Waals surface area contributed by atoms with Crippen LogP contribution in [0, 0.1) is 11.3 Å². The number of hydrogen-bond donors (Lipinski definition) is 2. The fourth-order valence-electron chi connectivity index (χ4n) is 2.94. The van der Waals surface area contributed by atoms with Crippen LogP contribution in [0.2, 0.25) is 0 Å². The lowest BCUT2D eigenvalue weighted by molar-refractivity contribution is 0.591. The third kappa shape index (κ3) is 3.16. The van der Waals surface area contributed by atoms with Crippen LogP contribution in [0.5, 0.6) is 0 Å². The summed E-state index contributed by atoms with van der Waals surface area (Å²) in [6, 6.07) is 9.73. The van der Waals surface area contributed by atoms with E-state index in [1.165, 1.54) is 18.7 Å². The van der Waals surface area contributed by atoms with Crippen molar-refractivity contribution >= 4 is 39.0 Å². The van der Waals surface area contributed by atoms with Gasteiger partial charge in [-0.1, -0.05) is 18.2 Å². The first kappa shape index (κ1) is 19.2. The van der Waals surface area contributed by atoms with Gasteiger partial charge in [0.15, 0.2) is 5.82 Å². The molecule has 30 heavy (non-hydrogen) atoms. The second-order valence-corrected chi connectivity index (χ2v) is 7.92. The summed E-state index contributed by atoms with van der Waals surface area (Å²) in [5.74, 6) is 0.290. The van der Waals surface area contributed by atoms with Gasteiger partial charge in [0.1, 0.15) is 35.4 Å². The van der Waals surface area contributed by atoms with Gasteiger partial charge in [0, 0.05) is 12.4 Å². The molecule has 3 N–H and O–H groups in total. The number of para-hydroxylation sites is 1. The highest BCUT2D eigenvalue weighted by Crippen LogP contribution is 2.33. The van der Waals surface area contributed by atoms with Crippen LogP contribution < -0.4 is 15.4 Å². The molecule has 1 aromatic carbocycles. The number of benzene rings is 1. The van der Waals surface area contributed by atoms with Crippen molar-refractivity contribution in [1.29, 1.82) is 5.26 Å². The molecular weight excluding hydrogens is 406 g/mol. The Labute approximate surface area is 172 Å². The first-order valence-corrected chi connectivity index (χ1v) is 10.1. The quantitative estimate of drug-likeness (QED) is 0.634. The zero-order valence-electron chi connectivity index (χ0n) is 15.6. The molecule has 1 aliphatic rings. The fourth-order valence-corrected chi connectivity index (χ4v) is 4.48. The largest absolute Gasteiger partial charge is 0.382 e. The first-order chi connectivity index (χ1) is 14.4. The number of aliphatic imine (C=N–C) groups is 1. The molecule has 3 aromatic rings. The van der Waals surface area contributed by atoms with Crippen LogP contribution in [0.1, 0.15) is 12.5 Å². The van der Waals surface area contributed by atoms with E-state index in [-0.39, 0.29) is 33.9 Å². The van der Waals surface area contributed by atoms with Gasteiger partial charge >= 0.3 is 0 Å². The SMILES string of the molecule is CC(Nc1ncnc(N)c1C#N)C1=Nc2nccnc2S(=O)(=O)N1c1ccccc1. The Balaban J connectivity index is 1.85. The number of nitrogens with two attached hydrogens (primary N) is 1. The molecule has 0 aliphatic carbocycles. The zero-order valence-corrected chi connectivity index (χ0v) is 16.4. The number of nitrogen functional groups attached to an aromatic ring is 1. The van der Waals surface area contributed by atoms with Crippen molar-refractivity contribution < 1.29 is 8.42 Å². The second-order valence-electron chi connectivity index (χ2n) is 6.22. The zero-order chi connectivity index (χ0) is 21.3. The number of sulfonamides is 1. The minimum atomic E-state index is -4.08. The van der Waals surface area contributed by atoms with Crippen molar-refractivity contribution in [2.24, 2.45) is 4.99 Å². The lowest BCUT2D eigenvalue weighted by Crippen LogP contribution is -2.47. The molecule has 0 saturated heterocycles. The maximum Gasteiger partial charge on any atom is 0.291 e. The summed E-state index contributed by atoms with van der Waals surface area (Å²) in [4.78, 5) is 20.3. The van der Waals surface area contributed by atoms with Gasteiger partial charge in [0.05, 0.1) is 11.7 Å². The topological polar surface area (TPSA) is 163 Å². The van der Waals surface area contributed by atoms with Gasteiger partial charge in [-0.3, -0.25) is 0 Å². The van der Waals surface area contributed by atoms with E-state index in [4.69, 9.17) is 5.73 Å². The highest BCUT2D eigenvalue weighted by molar-refractivity contribution is 7.93. The van der Waals surface area contributed by atoms with Crippen LogP contribution in [-0.2, 0) is 10.0 Å². The number of nitrogens with one attached hydrogen (secondary N) is 1. The second kappa shape index (κ2) is 7.37. The Morgan fingerprint density at radius 2 is 1.87 bits per heavy atom. The third-order valence-corrected chi connectivity index (χ3v) is 5.93. The summed E-state index contributed by atoms with van der Waals surface area (Å²) in [6.45, 7) is 1.69. The molecular formula is C18H15N9O2S. The predicted octanol–water partition coefficient (Wildman–Crippen LogP) is 1.46. The van der Waals surface area contributed by atoms with Crippen LogP contribution >= 0.6 is 0 Å². The monoisotopic (exact) mass is 421 g/mol. The smallest absolute Gasteiger partial charge is 0.291 e. The molecule has 12 heteroatoms. The minimum absolute atomic E-state index is 0.0107. The summed E-state index contributed by atoms with van der Waals surface area (Å²) in [7, 11) is -4.08. The summed E-state index contributed by atoms with van der Waals surface area (Å²) in [5.41, 5.74) is 6.17. The van der Waals surface area contributed by atoms with Gasteiger partial charge in [0.25, 0.3) is 10.0 Å². The molecule has 0 saturated carbocycles. The Kier molecular flexibility index (Phi) is 4.72. The van der Waals surface area contributed by atoms with E-state index >= 15 is 0 Å². The van der Waals surface area contributed by atoms with Gasteiger partial charge in [-0.2, -0.15) is 13.7 Å². The number of anilines is 3. The van der Waals surface area contributed by atoms with Crippen LogP contribution in [0.3, 0.4) is 0 Å². The number of rotatable bonds is 4.